The number of tetrazole rings is 1. The molecule has 11 heteroatoms. The molecule has 2 rings (SSSR count). The Morgan fingerprint density at radius 3 is 2.80 bits per heavy atom. The third kappa shape index (κ3) is 3.22. The maximum Gasteiger partial charge on any atom is 0.277 e. The van der Waals surface area contributed by atoms with E-state index in [-0.39, 0.29) is 16.7 Å². The van der Waals surface area contributed by atoms with Crippen LogP contribution in [0.3, 0.4) is 0 Å². The Morgan fingerprint density at radius 2 is 2.20 bits per heavy atom. The zero-order valence-electron chi connectivity index (χ0n) is 10.7. The van der Waals surface area contributed by atoms with Gasteiger partial charge in [0.1, 0.15) is 10.7 Å². The molecular formula is C9H12BrN7O2S. The first-order chi connectivity index (χ1) is 9.42. The van der Waals surface area contributed by atoms with E-state index < -0.39 is 10.0 Å². The molecule has 2 heterocycles. The molecule has 0 saturated heterocycles. The van der Waals surface area contributed by atoms with Gasteiger partial charge in [-0.15, -0.1) is 5.10 Å². The van der Waals surface area contributed by atoms with Crippen LogP contribution in [0.5, 0.6) is 0 Å². The van der Waals surface area contributed by atoms with E-state index in [1.165, 1.54) is 19.3 Å². The molecule has 2 aromatic heterocycles. The molecule has 9 nitrogen and oxygen atoms in total. The monoisotopic (exact) mass is 361 g/mol. The number of sulfonamides is 1. The van der Waals surface area contributed by atoms with Gasteiger partial charge in [0, 0.05) is 17.2 Å². The molecule has 2 N–H and O–H groups in total. The summed E-state index contributed by atoms with van der Waals surface area (Å²) in [5.74, 6) is 0.155. The minimum Gasteiger partial charge on any atom is -0.369 e. The number of anilines is 2. The van der Waals surface area contributed by atoms with E-state index in [2.05, 4.69) is 46.4 Å². The molecule has 0 aliphatic rings. The van der Waals surface area contributed by atoms with Crippen LogP contribution >= 0.6 is 15.9 Å². The van der Waals surface area contributed by atoms with Gasteiger partial charge < -0.3 is 5.32 Å². The van der Waals surface area contributed by atoms with E-state index in [1.54, 1.807) is 0 Å². The van der Waals surface area contributed by atoms with Gasteiger partial charge in [0.15, 0.2) is 0 Å². The molecule has 0 amide bonds. The fraction of sp³-hybridized carbons (Fsp3) is 0.333. The van der Waals surface area contributed by atoms with Crippen molar-refractivity contribution in [2.24, 2.45) is 7.05 Å². The summed E-state index contributed by atoms with van der Waals surface area (Å²) in [6, 6.07) is 1.45. The van der Waals surface area contributed by atoms with Crippen molar-refractivity contribution in [2.75, 3.05) is 16.6 Å². The topological polar surface area (TPSA) is 115 Å². The molecule has 0 bridgehead atoms. The quantitative estimate of drug-likeness (QED) is 0.800. The lowest BCUT2D eigenvalue weighted by atomic mass is 10.4. The summed E-state index contributed by atoms with van der Waals surface area (Å²) in [7, 11) is -2.32. The Kier molecular flexibility index (Phi) is 4.18. The number of pyridine rings is 1. The number of hydrogen-bond donors (Lipinski definition) is 2. The number of aromatic nitrogens is 5. The van der Waals surface area contributed by atoms with E-state index >= 15 is 0 Å². The summed E-state index contributed by atoms with van der Waals surface area (Å²) in [6.07, 6.45) is 1.51. The average molecular weight is 362 g/mol. The number of aryl methyl sites for hydroxylation is 1. The first-order valence-electron chi connectivity index (χ1n) is 5.58. The van der Waals surface area contributed by atoms with Gasteiger partial charge in [-0.3, -0.25) is 0 Å². The second-order valence-corrected chi connectivity index (χ2v) is 6.31. The Labute approximate surface area is 124 Å². The van der Waals surface area contributed by atoms with Crippen molar-refractivity contribution in [2.45, 2.75) is 11.8 Å². The first kappa shape index (κ1) is 14.7. The summed E-state index contributed by atoms with van der Waals surface area (Å²) in [5.41, 5.74) is 0. The second-order valence-electron chi connectivity index (χ2n) is 3.74. The van der Waals surface area contributed by atoms with Gasteiger partial charge in [-0.25, -0.2) is 18.1 Å². The van der Waals surface area contributed by atoms with E-state index in [9.17, 15) is 8.42 Å². The standard InChI is InChI=1S/C9H12BrN7O2S/c1-3-11-8-7(4-6(10)5-12-8)20(18,19)15-9-13-16-17(2)14-9/h4-5H,3H2,1-2H3,(H,11,12)(H,14,15). The van der Waals surface area contributed by atoms with E-state index in [0.29, 0.717) is 11.0 Å². The van der Waals surface area contributed by atoms with Crippen LogP contribution in [0.2, 0.25) is 0 Å². The van der Waals surface area contributed by atoms with Crippen molar-refractivity contribution in [1.82, 2.24) is 25.2 Å². The molecule has 0 radical (unpaired) electrons. The van der Waals surface area contributed by atoms with Gasteiger partial charge in [-0.05, 0) is 34.1 Å². The Hall–Kier alpha value is -1.75. The summed E-state index contributed by atoms with van der Waals surface area (Å²) in [4.78, 5) is 5.20. The maximum absolute atomic E-state index is 12.3. The zero-order valence-corrected chi connectivity index (χ0v) is 13.1. The maximum atomic E-state index is 12.3. The Morgan fingerprint density at radius 1 is 1.45 bits per heavy atom. The number of halogens is 1. The smallest absolute Gasteiger partial charge is 0.277 e. The van der Waals surface area contributed by atoms with Crippen LogP contribution in [0.15, 0.2) is 21.6 Å². The predicted octanol–water partition coefficient (Wildman–Crippen LogP) is 0.600. The van der Waals surface area contributed by atoms with Crippen LogP contribution in [-0.4, -0.2) is 40.2 Å². The van der Waals surface area contributed by atoms with Crippen LogP contribution in [0.4, 0.5) is 11.8 Å². The fourth-order valence-corrected chi connectivity index (χ4v) is 3.00. The molecule has 0 unspecified atom stereocenters. The molecule has 0 atom stereocenters. The van der Waals surface area contributed by atoms with Gasteiger partial charge in [-0.1, -0.05) is 5.10 Å². The van der Waals surface area contributed by atoms with Crippen molar-refractivity contribution >= 4 is 37.7 Å². The average Bonchev–Trinajstić information content (AvgIpc) is 2.76. The molecule has 108 valence electrons. The SMILES string of the molecule is CCNc1ncc(Br)cc1S(=O)(=O)Nc1nnn(C)n1. The summed E-state index contributed by atoms with van der Waals surface area (Å²) < 4.78 is 27.5. The largest absolute Gasteiger partial charge is 0.369 e. The number of nitrogens with one attached hydrogen (secondary N) is 2. The van der Waals surface area contributed by atoms with Gasteiger partial charge in [0.05, 0.1) is 7.05 Å². The summed E-state index contributed by atoms with van der Waals surface area (Å²) in [5, 5.41) is 13.8. The molecule has 0 aliphatic carbocycles. The van der Waals surface area contributed by atoms with Crippen LogP contribution in [-0.2, 0) is 17.1 Å². The minimum atomic E-state index is -3.86. The highest BCUT2D eigenvalue weighted by Crippen LogP contribution is 2.24. The number of nitrogens with zero attached hydrogens (tertiary/aromatic N) is 5. The molecule has 0 aromatic carbocycles. The minimum absolute atomic E-state index is 0.00109. The Bertz CT molecular complexity index is 715. The van der Waals surface area contributed by atoms with Gasteiger partial charge in [0.25, 0.3) is 16.0 Å². The summed E-state index contributed by atoms with van der Waals surface area (Å²) in [6.45, 7) is 2.39. The predicted molar refractivity (Wildman–Crippen MR) is 75.7 cm³/mol. The van der Waals surface area contributed by atoms with Crippen molar-refractivity contribution in [3.05, 3.63) is 16.7 Å². The van der Waals surface area contributed by atoms with Crippen LogP contribution in [0.25, 0.3) is 0 Å². The highest BCUT2D eigenvalue weighted by atomic mass is 79.9. The third-order valence-electron chi connectivity index (χ3n) is 2.19. The van der Waals surface area contributed by atoms with Crippen molar-refractivity contribution in [3.8, 4) is 0 Å². The molecular weight excluding hydrogens is 350 g/mol. The molecule has 0 saturated carbocycles. The highest BCUT2D eigenvalue weighted by Gasteiger charge is 2.22. The van der Waals surface area contributed by atoms with E-state index in [0.717, 1.165) is 4.80 Å². The lowest BCUT2D eigenvalue weighted by molar-refractivity contribution is 0.600. The Balaban J connectivity index is 2.40. The van der Waals surface area contributed by atoms with Crippen molar-refractivity contribution < 1.29 is 8.42 Å². The van der Waals surface area contributed by atoms with Crippen molar-refractivity contribution in [1.29, 1.82) is 0 Å². The van der Waals surface area contributed by atoms with Crippen molar-refractivity contribution in [3.63, 3.8) is 0 Å². The fourth-order valence-electron chi connectivity index (χ4n) is 1.43. The highest BCUT2D eigenvalue weighted by molar-refractivity contribution is 9.10. The lowest BCUT2D eigenvalue weighted by Crippen LogP contribution is -2.17. The van der Waals surface area contributed by atoms with E-state index in [4.69, 9.17) is 0 Å². The van der Waals surface area contributed by atoms with Gasteiger partial charge in [0.2, 0.25) is 0 Å². The summed E-state index contributed by atoms with van der Waals surface area (Å²) >= 11 is 3.20. The molecule has 0 spiro atoms. The molecule has 0 fully saturated rings. The molecule has 20 heavy (non-hydrogen) atoms. The third-order valence-corrected chi connectivity index (χ3v) is 3.96. The number of rotatable bonds is 5. The van der Waals surface area contributed by atoms with Crippen LogP contribution in [0, 0.1) is 0 Å². The number of hydrogen-bond acceptors (Lipinski definition) is 7. The normalized spacial score (nSPS) is 11.3. The van der Waals surface area contributed by atoms with Crippen LogP contribution in [0.1, 0.15) is 6.92 Å². The lowest BCUT2D eigenvalue weighted by Gasteiger charge is -2.10. The molecule has 0 aliphatic heterocycles. The second kappa shape index (κ2) is 5.71. The first-order valence-corrected chi connectivity index (χ1v) is 7.86. The van der Waals surface area contributed by atoms with E-state index in [1.807, 2.05) is 6.92 Å². The van der Waals surface area contributed by atoms with Gasteiger partial charge >= 0.3 is 0 Å². The van der Waals surface area contributed by atoms with Gasteiger partial charge in [-0.2, -0.15) is 4.80 Å². The van der Waals surface area contributed by atoms with Crippen LogP contribution < -0.4 is 10.0 Å². The molecule has 2 aromatic rings. The zero-order chi connectivity index (χ0) is 14.8.